The SMILES string of the molecule is O=C(C[C@H](C(=O)[O-])[NH+]1CC[NH2+]CC1)Nc1ccc(F)cc1. The highest BCUT2D eigenvalue weighted by Gasteiger charge is 2.29. The molecule has 1 heterocycles. The van der Waals surface area contributed by atoms with Gasteiger partial charge in [-0.3, -0.25) is 4.79 Å². The van der Waals surface area contributed by atoms with Crippen LogP contribution in [-0.4, -0.2) is 44.1 Å². The van der Waals surface area contributed by atoms with Crippen LogP contribution in [0, 0.1) is 5.82 Å². The van der Waals surface area contributed by atoms with E-state index in [1.807, 2.05) is 0 Å². The van der Waals surface area contributed by atoms with E-state index in [1.165, 1.54) is 24.3 Å². The van der Waals surface area contributed by atoms with Crippen LogP contribution in [-0.2, 0) is 9.59 Å². The summed E-state index contributed by atoms with van der Waals surface area (Å²) in [6, 6.07) is 4.49. The molecule has 0 aromatic heterocycles. The Morgan fingerprint density at radius 2 is 1.90 bits per heavy atom. The molecule has 1 aliphatic heterocycles. The molecule has 4 N–H and O–H groups in total. The number of aliphatic carboxylic acids is 1. The van der Waals surface area contributed by atoms with Crippen LogP contribution < -0.4 is 20.6 Å². The predicted molar refractivity (Wildman–Crippen MR) is 70.8 cm³/mol. The quantitative estimate of drug-likeness (QED) is 0.533. The lowest BCUT2D eigenvalue weighted by Crippen LogP contribution is -3.24. The Labute approximate surface area is 121 Å². The molecular formula is C14H19FN3O3+. The summed E-state index contributed by atoms with van der Waals surface area (Å²) in [4.78, 5) is 24.1. The summed E-state index contributed by atoms with van der Waals surface area (Å²) in [5, 5.41) is 16.0. The summed E-state index contributed by atoms with van der Waals surface area (Å²) in [6.45, 7) is 3.09. The number of hydrogen-bond donors (Lipinski definition) is 3. The Balaban J connectivity index is 1.94. The molecule has 0 bridgehead atoms. The van der Waals surface area contributed by atoms with E-state index >= 15 is 0 Å². The fourth-order valence-corrected chi connectivity index (χ4v) is 2.52. The first-order valence-electron chi connectivity index (χ1n) is 6.99. The standard InChI is InChI=1S/C14H18FN3O3/c15-10-1-3-11(4-2-10)17-13(19)9-12(14(20)21)18-7-5-16-6-8-18/h1-4,12,16H,5-9H2,(H,17,19)(H,20,21)/p+1/t12-/m1/s1. The van der Waals surface area contributed by atoms with Crippen molar-refractivity contribution >= 4 is 17.6 Å². The van der Waals surface area contributed by atoms with Gasteiger partial charge in [-0.25, -0.2) is 4.39 Å². The molecule has 2 rings (SSSR count). The van der Waals surface area contributed by atoms with Crippen molar-refractivity contribution < 1.29 is 29.3 Å². The van der Waals surface area contributed by atoms with Crippen LogP contribution in [0.25, 0.3) is 0 Å². The number of amides is 1. The molecule has 1 aliphatic rings. The predicted octanol–water partition coefficient (Wildman–Crippen LogP) is -3.27. The fourth-order valence-electron chi connectivity index (χ4n) is 2.52. The van der Waals surface area contributed by atoms with Crippen molar-refractivity contribution in [3.05, 3.63) is 30.1 Å². The van der Waals surface area contributed by atoms with Crippen molar-refractivity contribution in [2.45, 2.75) is 12.5 Å². The minimum absolute atomic E-state index is 0.144. The Hall–Kier alpha value is -1.99. The van der Waals surface area contributed by atoms with Crippen molar-refractivity contribution in [2.75, 3.05) is 31.5 Å². The number of benzene rings is 1. The molecule has 1 saturated heterocycles. The molecule has 1 amide bonds. The number of halogens is 1. The smallest absolute Gasteiger partial charge is 0.230 e. The number of carboxylic acids is 1. The van der Waals surface area contributed by atoms with Gasteiger partial charge in [0.1, 0.15) is 38.0 Å². The zero-order valence-electron chi connectivity index (χ0n) is 11.6. The average Bonchev–Trinajstić information content (AvgIpc) is 2.48. The number of rotatable bonds is 5. The fraction of sp³-hybridized carbons (Fsp3) is 0.429. The van der Waals surface area contributed by atoms with Crippen LogP contribution in [0.2, 0.25) is 0 Å². The van der Waals surface area contributed by atoms with Crippen LogP contribution in [0.15, 0.2) is 24.3 Å². The number of anilines is 1. The second-order valence-corrected chi connectivity index (χ2v) is 5.16. The van der Waals surface area contributed by atoms with Crippen LogP contribution >= 0.6 is 0 Å². The third kappa shape index (κ3) is 4.51. The van der Waals surface area contributed by atoms with Crippen LogP contribution in [0.4, 0.5) is 10.1 Å². The Kier molecular flexibility index (Phi) is 5.24. The zero-order chi connectivity index (χ0) is 15.2. The molecule has 0 unspecified atom stereocenters. The van der Waals surface area contributed by atoms with E-state index in [9.17, 15) is 19.1 Å². The maximum absolute atomic E-state index is 12.8. The lowest BCUT2D eigenvalue weighted by molar-refractivity contribution is -0.961. The molecule has 6 nitrogen and oxygen atoms in total. The number of nitrogens with one attached hydrogen (secondary N) is 2. The van der Waals surface area contributed by atoms with Gasteiger partial charge in [0.05, 0.1) is 12.4 Å². The Morgan fingerprint density at radius 3 is 2.48 bits per heavy atom. The van der Waals surface area contributed by atoms with Gasteiger partial charge in [-0.15, -0.1) is 0 Å². The third-order valence-electron chi connectivity index (χ3n) is 3.63. The van der Waals surface area contributed by atoms with E-state index in [0.717, 1.165) is 18.0 Å². The van der Waals surface area contributed by atoms with Crippen molar-refractivity contribution in [1.82, 2.24) is 0 Å². The summed E-state index contributed by atoms with van der Waals surface area (Å²) < 4.78 is 12.8. The van der Waals surface area contributed by atoms with E-state index in [2.05, 4.69) is 10.6 Å². The van der Waals surface area contributed by atoms with E-state index in [-0.39, 0.29) is 6.42 Å². The first kappa shape index (κ1) is 15.4. The monoisotopic (exact) mass is 296 g/mol. The molecule has 0 saturated carbocycles. The largest absolute Gasteiger partial charge is 0.544 e. The minimum Gasteiger partial charge on any atom is -0.544 e. The zero-order valence-corrected chi connectivity index (χ0v) is 11.6. The summed E-state index contributed by atoms with van der Waals surface area (Å²) in [7, 11) is 0. The van der Waals surface area contributed by atoms with Gasteiger partial charge in [0, 0.05) is 5.69 Å². The second-order valence-electron chi connectivity index (χ2n) is 5.16. The summed E-state index contributed by atoms with van der Waals surface area (Å²) >= 11 is 0. The second kappa shape index (κ2) is 7.14. The van der Waals surface area contributed by atoms with Crippen LogP contribution in [0.5, 0.6) is 0 Å². The summed E-state index contributed by atoms with van der Waals surface area (Å²) in [6.07, 6.45) is -0.144. The van der Waals surface area contributed by atoms with Gasteiger partial charge < -0.3 is 25.4 Å². The third-order valence-corrected chi connectivity index (χ3v) is 3.63. The first-order valence-corrected chi connectivity index (χ1v) is 6.99. The molecule has 0 radical (unpaired) electrons. The van der Waals surface area contributed by atoms with Gasteiger partial charge in [0.2, 0.25) is 5.91 Å². The molecule has 1 atom stereocenters. The highest BCUT2D eigenvalue weighted by atomic mass is 19.1. The van der Waals surface area contributed by atoms with Crippen molar-refractivity contribution in [2.24, 2.45) is 0 Å². The molecule has 0 aliphatic carbocycles. The van der Waals surface area contributed by atoms with Gasteiger partial charge in [0.25, 0.3) is 0 Å². The van der Waals surface area contributed by atoms with Gasteiger partial charge in [-0.1, -0.05) is 0 Å². The minimum atomic E-state index is -1.21. The summed E-state index contributed by atoms with van der Waals surface area (Å²) in [5.41, 5.74) is 0.445. The molecule has 1 fully saturated rings. The number of hydrogen-bond acceptors (Lipinski definition) is 3. The van der Waals surface area contributed by atoms with E-state index in [4.69, 9.17) is 0 Å². The van der Waals surface area contributed by atoms with Gasteiger partial charge in [-0.2, -0.15) is 0 Å². The van der Waals surface area contributed by atoms with Gasteiger partial charge in [0.15, 0.2) is 0 Å². The topological polar surface area (TPSA) is 90.3 Å². The summed E-state index contributed by atoms with van der Waals surface area (Å²) in [5.74, 6) is -2.01. The van der Waals surface area contributed by atoms with Crippen molar-refractivity contribution in [3.63, 3.8) is 0 Å². The van der Waals surface area contributed by atoms with Crippen LogP contribution in [0.3, 0.4) is 0 Å². The maximum atomic E-state index is 12.8. The molecule has 114 valence electrons. The Morgan fingerprint density at radius 1 is 1.29 bits per heavy atom. The van der Waals surface area contributed by atoms with Gasteiger partial charge >= 0.3 is 0 Å². The lowest BCUT2D eigenvalue weighted by atomic mass is 10.1. The average molecular weight is 296 g/mol. The van der Waals surface area contributed by atoms with Crippen molar-refractivity contribution in [1.29, 1.82) is 0 Å². The molecular weight excluding hydrogens is 277 g/mol. The van der Waals surface area contributed by atoms with Gasteiger partial charge in [-0.05, 0) is 24.3 Å². The number of piperazine rings is 1. The highest BCUT2D eigenvalue weighted by Crippen LogP contribution is 2.08. The molecule has 7 heteroatoms. The van der Waals surface area contributed by atoms with E-state index < -0.39 is 23.7 Å². The number of carboxylic acid groups (broad SMARTS) is 1. The molecule has 1 aromatic carbocycles. The number of quaternary nitrogens is 2. The first-order chi connectivity index (χ1) is 10.1. The van der Waals surface area contributed by atoms with E-state index in [1.54, 1.807) is 0 Å². The highest BCUT2D eigenvalue weighted by molar-refractivity contribution is 5.93. The maximum Gasteiger partial charge on any atom is 0.230 e. The Bertz CT molecular complexity index is 501. The normalized spacial score (nSPS) is 17.2. The number of carbonyl (C=O) groups excluding carboxylic acids is 2. The molecule has 21 heavy (non-hydrogen) atoms. The molecule has 0 spiro atoms. The lowest BCUT2D eigenvalue weighted by Gasteiger charge is -2.30. The molecule has 1 aromatic rings. The number of nitrogens with two attached hydrogens (primary N) is 1. The number of carbonyl (C=O) groups is 2. The van der Waals surface area contributed by atoms with Crippen LogP contribution in [0.1, 0.15) is 6.42 Å². The van der Waals surface area contributed by atoms with Crippen molar-refractivity contribution in [3.8, 4) is 0 Å². The van der Waals surface area contributed by atoms with E-state index in [0.29, 0.717) is 18.8 Å².